The molecule has 0 amide bonds. The fraction of sp³-hybridized carbons (Fsp3) is 0.167. The lowest BCUT2D eigenvalue weighted by Crippen LogP contribution is -2.19. The van der Waals surface area contributed by atoms with Crippen molar-refractivity contribution in [1.29, 1.82) is 0 Å². The first-order valence-corrected chi connectivity index (χ1v) is 5.53. The molecule has 17 heavy (non-hydrogen) atoms. The van der Waals surface area contributed by atoms with E-state index < -0.39 is 0 Å². The van der Waals surface area contributed by atoms with Gasteiger partial charge in [-0.2, -0.15) is 0 Å². The molecular weight excluding hydrogens is 238 g/mol. The summed E-state index contributed by atoms with van der Waals surface area (Å²) in [5.41, 5.74) is 1.53. The first-order valence-electron chi connectivity index (χ1n) is 5.15. The van der Waals surface area contributed by atoms with Crippen LogP contribution in [0, 0.1) is 5.21 Å². The van der Waals surface area contributed by atoms with E-state index in [0.717, 1.165) is 10.3 Å². The third-order valence-corrected chi connectivity index (χ3v) is 2.70. The van der Waals surface area contributed by atoms with Crippen molar-refractivity contribution in [3.63, 3.8) is 0 Å². The molecule has 2 rings (SSSR count). The first-order chi connectivity index (χ1) is 8.16. The largest absolute Gasteiger partial charge is 0.624 e. The highest BCUT2D eigenvalue weighted by Crippen LogP contribution is 2.11. The number of hydroxylamine groups is 1. The summed E-state index contributed by atoms with van der Waals surface area (Å²) in [7, 11) is 1.49. The minimum Gasteiger partial charge on any atom is -0.624 e. The molecule has 5 heteroatoms. The molecule has 0 saturated heterocycles. The van der Waals surface area contributed by atoms with Crippen LogP contribution in [-0.2, 0) is 6.54 Å². The average molecular weight is 250 g/mol. The molecule has 0 atom stereocenters. The zero-order valence-electron chi connectivity index (χ0n) is 9.38. The van der Waals surface area contributed by atoms with E-state index in [1.54, 1.807) is 24.7 Å². The van der Waals surface area contributed by atoms with Crippen molar-refractivity contribution in [1.82, 2.24) is 9.55 Å². The SMILES string of the molecule is C/[N+]([O-])=C(/Cn1ccnc1)c1ccc(Cl)cc1. The molecule has 0 aliphatic rings. The zero-order chi connectivity index (χ0) is 12.3. The Balaban J connectivity index is 2.31. The van der Waals surface area contributed by atoms with Crippen molar-refractivity contribution in [3.8, 4) is 0 Å². The Morgan fingerprint density at radius 2 is 2.12 bits per heavy atom. The summed E-state index contributed by atoms with van der Waals surface area (Å²) in [5, 5.41) is 12.2. The molecule has 1 heterocycles. The maximum Gasteiger partial charge on any atom is 0.214 e. The van der Waals surface area contributed by atoms with Crippen molar-refractivity contribution >= 4 is 17.3 Å². The van der Waals surface area contributed by atoms with E-state index in [9.17, 15) is 5.21 Å². The summed E-state index contributed by atoms with van der Waals surface area (Å²) in [6.07, 6.45) is 5.18. The summed E-state index contributed by atoms with van der Waals surface area (Å²) >= 11 is 5.82. The summed E-state index contributed by atoms with van der Waals surface area (Å²) in [4.78, 5) is 3.95. The van der Waals surface area contributed by atoms with Gasteiger partial charge in [-0.3, -0.25) is 0 Å². The molecular formula is C12H12ClN3O. The lowest BCUT2D eigenvalue weighted by Gasteiger charge is -2.08. The molecule has 0 aliphatic carbocycles. The summed E-state index contributed by atoms with van der Waals surface area (Å²) in [6.45, 7) is 0.488. The van der Waals surface area contributed by atoms with Crippen molar-refractivity contribution in [2.24, 2.45) is 0 Å². The molecule has 0 aliphatic heterocycles. The molecule has 4 nitrogen and oxygen atoms in total. The Bertz CT molecular complexity index is 513. The Labute approximate surface area is 104 Å². The molecule has 0 saturated carbocycles. The zero-order valence-corrected chi connectivity index (χ0v) is 10.1. The van der Waals surface area contributed by atoms with Gasteiger partial charge in [-0.05, 0) is 24.3 Å². The normalized spacial score (nSPS) is 12.4. The van der Waals surface area contributed by atoms with Gasteiger partial charge in [0.05, 0.1) is 6.33 Å². The summed E-state index contributed by atoms with van der Waals surface area (Å²) in [6, 6.07) is 7.22. The average Bonchev–Trinajstić information content (AvgIpc) is 2.80. The fourth-order valence-corrected chi connectivity index (χ4v) is 1.69. The van der Waals surface area contributed by atoms with Crippen LogP contribution in [0.4, 0.5) is 0 Å². The molecule has 0 unspecified atom stereocenters. The maximum absolute atomic E-state index is 11.6. The quantitative estimate of drug-likeness (QED) is 0.362. The standard InChI is InChI=1S/C12H12ClN3O/c1-15(17)12(8-16-7-6-14-9-16)10-2-4-11(13)5-3-10/h2-7,9H,8H2,1H3/b15-12+. The Morgan fingerprint density at radius 3 is 2.65 bits per heavy atom. The predicted octanol–water partition coefficient (Wildman–Crippen LogP) is 2.17. The molecule has 2 aromatic rings. The van der Waals surface area contributed by atoms with E-state index >= 15 is 0 Å². The fourth-order valence-electron chi connectivity index (χ4n) is 1.57. The second kappa shape index (κ2) is 5.01. The minimum absolute atomic E-state index is 0.488. The van der Waals surface area contributed by atoms with Gasteiger partial charge in [-0.25, -0.2) is 9.72 Å². The van der Waals surface area contributed by atoms with Crippen LogP contribution in [-0.4, -0.2) is 27.0 Å². The monoisotopic (exact) mass is 249 g/mol. The number of benzene rings is 1. The molecule has 0 bridgehead atoms. The highest BCUT2D eigenvalue weighted by molar-refractivity contribution is 6.30. The molecule has 0 spiro atoms. The van der Waals surface area contributed by atoms with E-state index in [-0.39, 0.29) is 0 Å². The second-order valence-electron chi connectivity index (χ2n) is 3.69. The van der Waals surface area contributed by atoms with E-state index in [1.807, 2.05) is 22.9 Å². The van der Waals surface area contributed by atoms with Crippen LogP contribution >= 0.6 is 11.6 Å². The number of halogens is 1. The van der Waals surface area contributed by atoms with Crippen molar-refractivity contribution in [3.05, 3.63) is 58.8 Å². The van der Waals surface area contributed by atoms with Crippen LogP contribution in [0.15, 0.2) is 43.0 Å². The molecule has 1 aromatic carbocycles. The molecule has 0 N–H and O–H groups in total. The van der Waals surface area contributed by atoms with Crippen LogP contribution in [0.25, 0.3) is 0 Å². The van der Waals surface area contributed by atoms with Gasteiger partial charge in [0, 0.05) is 23.0 Å². The number of hydrogen-bond donors (Lipinski definition) is 0. The van der Waals surface area contributed by atoms with Crippen LogP contribution in [0.3, 0.4) is 0 Å². The van der Waals surface area contributed by atoms with Crippen molar-refractivity contribution < 1.29 is 4.74 Å². The van der Waals surface area contributed by atoms with Crippen LogP contribution in [0.2, 0.25) is 5.02 Å². The minimum atomic E-state index is 0.488. The second-order valence-corrected chi connectivity index (χ2v) is 4.12. The van der Waals surface area contributed by atoms with Gasteiger partial charge in [-0.15, -0.1) is 0 Å². The predicted molar refractivity (Wildman–Crippen MR) is 67.3 cm³/mol. The maximum atomic E-state index is 11.6. The van der Waals surface area contributed by atoms with Crippen molar-refractivity contribution in [2.75, 3.05) is 7.05 Å². The summed E-state index contributed by atoms with van der Waals surface area (Å²) in [5.74, 6) is 0. The van der Waals surface area contributed by atoms with Gasteiger partial charge in [-0.1, -0.05) is 11.6 Å². The third kappa shape index (κ3) is 2.85. The van der Waals surface area contributed by atoms with Crippen LogP contribution < -0.4 is 0 Å². The number of rotatable bonds is 3. The van der Waals surface area contributed by atoms with E-state index in [0.29, 0.717) is 17.3 Å². The highest BCUT2D eigenvalue weighted by atomic mass is 35.5. The Morgan fingerprint density at radius 1 is 1.41 bits per heavy atom. The molecule has 0 fully saturated rings. The van der Waals surface area contributed by atoms with E-state index in [4.69, 9.17) is 11.6 Å². The topological polar surface area (TPSA) is 43.9 Å². The van der Waals surface area contributed by atoms with E-state index in [2.05, 4.69) is 4.98 Å². The van der Waals surface area contributed by atoms with Gasteiger partial charge in [0.1, 0.15) is 13.6 Å². The Hall–Kier alpha value is -1.81. The van der Waals surface area contributed by atoms with Crippen molar-refractivity contribution in [2.45, 2.75) is 6.54 Å². The first kappa shape index (κ1) is 11.7. The molecule has 1 aromatic heterocycles. The molecule has 0 radical (unpaired) electrons. The van der Waals surface area contributed by atoms with Gasteiger partial charge in [0.25, 0.3) is 0 Å². The van der Waals surface area contributed by atoms with E-state index in [1.165, 1.54) is 7.05 Å². The third-order valence-electron chi connectivity index (χ3n) is 2.45. The number of nitrogens with zero attached hydrogens (tertiary/aromatic N) is 3. The number of aromatic nitrogens is 2. The smallest absolute Gasteiger partial charge is 0.214 e. The molecule has 88 valence electrons. The number of hydrogen-bond acceptors (Lipinski definition) is 2. The van der Waals surface area contributed by atoms with Gasteiger partial charge in [0.2, 0.25) is 5.71 Å². The van der Waals surface area contributed by atoms with Gasteiger partial charge in [0.15, 0.2) is 0 Å². The highest BCUT2D eigenvalue weighted by Gasteiger charge is 2.11. The van der Waals surface area contributed by atoms with Crippen LogP contribution in [0.5, 0.6) is 0 Å². The Kier molecular flexibility index (Phi) is 3.44. The van der Waals surface area contributed by atoms with Gasteiger partial charge >= 0.3 is 0 Å². The summed E-state index contributed by atoms with van der Waals surface area (Å²) < 4.78 is 2.71. The lowest BCUT2D eigenvalue weighted by molar-refractivity contribution is -0.423. The van der Waals surface area contributed by atoms with Gasteiger partial charge < -0.3 is 9.77 Å². The number of imidazole rings is 1. The lowest BCUT2D eigenvalue weighted by atomic mass is 10.1. The van der Waals surface area contributed by atoms with Crippen LogP contribution in [0.1, 0.15) is 5.56 Å².